The highest BCUT2D eigenvalue weighted by molar-refractivity contribution is 5.92. The second-order valence-corrected chi connectivity index (χ2v) is 12.2. The maximum atomic E-state index is 14.6. The van der Waals surface area contributed by atoms with Crippen LogP contribution in [0.1, 0.15) is 95.9 Å². The van der Waals surface area contributed by atoms with Crippen LogP contribution in [0.25, 0.3) is 6.08 Å². The molecule has 0 spiro atoms. The van der Waals surface area contributed by atoms with Crippen molar-refractivity contribution in [2.45, 2.75) is 109 Å². The monoisotopic (exact) mass is 577 g/mol. The fraction of sp³-hybridized carbons (Fsp3) is 0.500. The Morgan fingerprint density at radius 2 is 1.76 bits per heavy atom. The maximum Gasteiger partial charge on any atom is 0.408 e. The molecule has 1 fully saturated rings. The Kier molecular flexibility index (Phi) is 11.6. The number of ether oxygens (including phenoxy) is 1. The van der Waals surface area contributed by atoms with Gasteiger partial charge in [0.1, 0.15) is 23.4 Å². The van der Waals surface area contributed by atoms with Gasteiger partial charge in [-0.2, -0.15) is 0 Å². The molecule has 3 unspecified atom stereocenters. The van der Waals surface area contributed by atoms with E-state index in [1.165, 1.54) is 12.1 Å². The summed E-state index contributed by atoms with van der Waals surface area (Å²) in [6.07, 6.45) is 6.83. The van der Waals surface area contributed by atoms with Crippen LogP contribution in [-0.2, 0) is 20.7 Å². The highest BCUT2D eigenvalue weighted by atomic mass is 16.6. The second-order valence-electron chi connectivity index (χ2n) is 12.2. The minimum atomic E-state index is -1.02. The van der Waals surface area contributed by atoms with Gasteiger partial charge in [-0.15, -0.1) is 0 Å². The Bertz CT molecular complexity index is 1210. The van der Waals surface area contributed by atoms with Gasteiger partial charge in [0, 0.05) is 18.5 Å². The summed E-state index contributed by atoms with van der Waals surface area (Å²) in [4.78, 5) is 43.3. The summed E-state index contributed by atoms with van der Waals surface area (Å²) in [7, 11) is 0. The van der Waals surface area contributed by atoms with Crippen LogP contribution in [0.4, 0.5) is 4.79 Å². The van der Waals surface area contributed by atoms with E-state index in [-0.39, 0.29) is 30.2 Å². The number of phenolic OH excluding ortho intramolecular Hbond substituents is 1. The number of phenols is 1. The molecule has 3 rings (SSSR count). The van der Waals surface area contributed by atoms with Crippen molar-refractivity contribution in [3.63, 3.8) is 0 Å². The van der Waals surface area contributed by atoms with Crippen LogP contribution in [0, 0.1) is 0 Å². The minimum absolute atomic E-state index is 0.0536. The summed E-state index contributed by atoms with van der Waals surface area (Å²) in [5.74, 6) is -0.530. The van der Waals surface area contributed by atoms with Gasteiger partial charge < -0.3 is 25.4 Å². The van der Waals surface area contributed by atoms with Crippen molar-refractivity contribution in [2.75, 3.05) is 0 Å². The number of carbonyl (C=O) groups excluding carboxylic acids is 3. The molecule has 1 aliphatic rings. The number of nitrogens with zero attached hydrogens (tertiary/aromatic N) is 1. The molecule has 0 heterocycles. The van der Waals surface area contributed by atoms with Gasteiger partial charge in [0.05, 0.1) is 0 Å². The van der Waals surface area contributed by atoms with Crippen LogP contribution in [0.3, 0.4) is 0 Å². The number of alkyl carbamates (subject to hydrolysis) is 1. The Labute approximate surface area is 250 Å². The van der Waals surface area contributed by atoms with Crippen molar-refractivity contribution in [3.8, 4) is 5.75 Å². The number of benzene rings is 2. The molecule has 0 aromatic heterocycles. The molecule has 228 valence electrons. The van der Waals surface area contributed by atoms with E-state index in [1.54, 1.807) is 43.9 Å². The number of hydrogen-bond acceptors (Lipinski definition) is 5. The quantitative estimate of drug-likeness (QED) is 0.291. The lowest BCUT2D eigenvalue weighted by atomic mass is 9.93. The molecule has 0 radical (unpaired) electrons. The summed E-state index contributed by atoms with van der Waals surface area (Å²) in [6.45, 7) is 13.0. The Morgan fingerprint density at radius 1 is 1.10 bits per heavy atom. The van der Waals surface area contributed by atoms with E-state index in [2.05, 4.69) is 17.2 Å². The third kappa shape index (κ3) is 9.36. The average molecular weight is 578 g/mol. The molecule has 8 nitrogen and oxygen atoms in total. The standard InChI is InChI=1S/C34H47N3O5/c1-7-23(3)37(30(26-14-12-13-24(8-2)21-26)31(39)35-27-15-10-9-11-16-27)32(40)29(36-33(41)42-34(4,5)6)22-25-17-19-28(38)20-18-25/h8,12-14,17-21,23,27,29-30,38H,2,7,9-11,15-16,22H2,1,3-6H3,(H,35,39)(H,36,41). The maximum absolute atomic E-state index is 14.6. The molecule has 3 atom stereocenters. The van der Waals surface area contributed by atoms with Gasteiger partial charge >= 0.3 is 6.09 Å². The fourth-order valence-electron chi connectivity index (χ4n) is 5.31. The number of carbonyl (C=O) groups is 3. The minimum Gasteiger partial charge on any atom is -0.508 e. The van der Waals surface area contributed by atoms with Crippen molar-refractivity contribution in [1.29, 1.82) is 0 Å². The summed E-state index contributed by atoms with van der Waals surface area (Å²) in [6, 6.07) is 11.8. The molecule has 0 bridgehead atoms. The zero-order valence-corrected chi connectivity index (χ0v) is 25.7. The number of amides is 3. The lowest BCUT2D eigenvalue weighted by Crippen LogP contribution is -2.56. The highest BCUT2D eigenvalue weighted by Crippen LogP contribution is 2.29. The van der Waals surface area contributed by atoms with Crippen molar-refractivity contribution in [3.05, 3.63) is 71.8 Å². The van der Waals surface area contributed by atoms with Crippen LogP contribution >= 0.6 is 0 Å². The molecule has 0 aliphatic heterocycles. The molecule has 1 saturated carbocycles. The van der Waals surface area contributed by atoms with Crippen LogP contribution in [0.5, 0.6) is 5.75 Å². The summed E-state index contributed by atoms with van der Waals surface area (Å²) in [5, 5.41) is 15.8. The number of rotatable bonds is 11. The Morgan fingerprint density at radius 3 is 2.36 bits per heavy atom. The molecule has 42 heavy (non-hydrogen) atoms. The molecular weight excluding hydrogens is 530 g/mol. The molecule has 0 saturated heterocycles. The molecule has 3 N–H and O–H groups in total. The van der Waals surface area contributed by atoms with Gasteiger partial charge in [-0.1, -0.05) is 69.2 Å². The van der Waals surface area contributed by atoms with Gasteiger partial charge in [0.2, 0.25) is 11.8 Å². The fourth-order valence-corrected chi connectivity index (χ4v) is 5.31. The first kappa shape index (κ1) is 32.7. The molecule has 3 amide bonds. The van der Waals surface area contributed by atoms with Crippen LogP contribution in [0.2, 0.25) is 0 Å². The van der Waals surface area contributed by atoms with Gasteiger partial charge in [-0.05, 0) is 81.8 Å². The average Bonchev–Trinajstić information content (AvgIpc) is 2.95. The van der Waals surface area contributed by atoms with Crippen LogP contribution < -0.4 is 10.6 Å². The van der Waals surface area contributed by atoms with E-state index in [9.17, 15) is 19.5 Å². The Balaban J connectivity index is 2.06. The van der Waals surface area contributed by atoms with Gasteiger partial charge in [0.15, 0.2) is 0 Å². The van der Waals surface area contributed by atoms with E-state index in [1.807, 2.05) is 38.1 Å². The Hall–Kier alpha value is -3.81. The normalized spacial score (nSPS) is 16.0. The summed E-state index contributed by atoms with van der Waals surface area (Å²) in [5.41, 5.74) is 1.49. The van der Waals surface area contributed by atoms with E-state index >= 15 is 0 Å². The third-order valence-corrected chi connectivity index (χ3v) is 7.63. The predicted octanol–water partition coefficient (Wildman–Crippen LogP) is 6.29. The molecule has 2 aromatic rings. The predicted molar refractivity (Wildman–Crippen MR) is 166 cm³/mol. The van der Waals surface area contributed by atoms with E-state index < -0.39 is 29.7 Å². The van der Waals surface area contributed by atoms with Crippen LogP contribution in [0.15, 0.2) is 55.1 Å². The van der Waals surface area contributed by atoms with Gasteiger partial charge in [-0.3, -0.25) is 9.59 Å². The summed E-state index contributed by atoms with van der Waals surface area (Å²) >= 11 is 0. The zero-order valence-electron chi connectivity index (χ0n) is 25.7. The second kappa shape index (κ2) is 14.9. The number of nitrogens with one attached hydrogen (secondary N) is 2. The van der Waals surface area contributed by atoms with E-state index in [0.717, 1.165) is 43.2 Å². The third-order valence-electron chi connectivity index (χ3n) is 7.63. The first-order valence-electron chi connectivity index (χ1n) is 15.0. The zero-order chi connectivity index (χ0) is 30.9. The van der Waals surface area contributed by atoms with E-state index in [4.69, 9.17) is 4.74 Å². The lowest BCUT2D eigenvalue weighted by molar-refractivity contribution is -0.145. The molecule has 1 aliphatic carbocycles. The number of aromatic hydroxyl groups is 1. The lowest BCUT2D eigenvalue weighted by Gasteiger charge is -2.39. The van der Waals surface area contributed by atoms with Gasteiger partial charge in [-0.25, -0.2) is 4.79 Å². The van der Waals surface area contributed by atoms with Crippen molar-refractivity contribution < 1.29 is 24.2 Å². The molecular formula is C34H47N3O5. The first-order valence-corrected chi connectivity index (χ1v) is 15.0. The summed E-state index contributed by atoms with van der Waals surface area (Å²) < 4.78 is 5.51. The first-order chi connectivity index (χ1) is 19.9. The van der Waals surface area contributed by atoms with E-state index in [0.29, 0.717) is 12.0 Å². The largest absolute Gasteiger partial charge is 0.508 e. The highest BCUT2D eigenvalue weighted by Gasteiger charge is 2.39. The van der Waals surface area contributed by atoms with Crippen molar-refractivity contribution in [2.24, 2.45) is 0 Å². The van der Waals surface area contributed by atoms with Crippen LogP contribution in [-0.4, -0.2) is 51.6 Å². The smallest absolute Gasteiger partial charge is 0.408 e. The molecule has 2 aromatic carbocycles. The topological polar surface area (TPSA) is 108 Å². The van der Waals surface area contributed by atoms with Gasteiger partial charge in [0.25, 0.3) is 0 Å². The SMILES string of the molecule is C=Cc1cccc(C(C(=O)NC2CCCCC2)N(C(=O)C(Cc2ccc(O)cc2)NC(=O)OC(C)(C)C)C(C)CC)c1. The van der Waals surface area contributed by atoms with Crippen molar-refractivity contribution in [1.82, 2.24) is 15.5 Å². The van der Waals surface area contributed by atoms with Crippen molar-refractivity contribution >= 4 is 24.0 Å². The molecule has 8 heteroatoms. The number of hydrogen-bond donors (Lipinski definition) is 3.